The van der Waals surface area contributed by atoms with E-state index in [4.69, 9.17) is 9.47 Å². The summed E-state index contributed by atoms with van der Waals surface area (Å²) in [5.41, 5.74) is -0.0909. The van der Waals surface area contributed by atoms with Crippen LogP contribution in [-0.2, 0) is 25.9 Å². The molecule has 5 rings (SSSR count). The number of methoxy groups -OCH3 is 1. The number of ether oxygens (including phenoxy) is 2. The van der Waals surface area contributed by atoms with E-state index in [1.807, 2.05) is 11.6 Å². The van der Waals surface area contributed by atoms with Gasteiger partial charge < -0.3 is 18.8 Å². The van der Waals surface area contributed by atoms with Gasteiger partial charge in [0.15, 0.2) is 11.6 Å². The number of carbonyl (C=O) groups is 1. The Hall–Kier alpha value is -3.32. The molecule has 3 heterocycles. The Morgan fingerprint density at radius 2 is 2.00 bits per heavy atom. The molecule has 13 heteroatoms. The second kappa shape index (κ2) is 9.53. The Balaban J connectivity index is 1.57. The quantitative estimate of drug-likeness (QED) is 0.481. The summed E-state index contributed by atoms with van der Waals surface area (Å²) in [7, 11) is -2.67. The van der Waals surface area contributed by atoms with E-state index in [2.05, 4.69) is 4.98 Å². The Kier molecular flexibility index (Phi) is 6.52. The third-order valence-electron chi connectivity index (χ3n) is 6.48. The highest BCUT2D eigenvalue weighted by molar-refractivity contribution is 7.93. The molecule has 1 saturated carbocycles. The third-order valence-corrected chi connectivity index (χ3v) is 8.34. The molecule has 0 bridgehead atoms. The van der Waals surface area contributed by atoms with E-state index in [-0.39, 0.29) is 25.3 Å². The fourth-order valence-electron chi connectivity index (χ4n) is 4.45. The van der Waals surface area contributed by atoms with Gasteiger partial charge in [0.1, 0.15) is 11.5 Å². The molecule has 1 aliphatic carbocycles. The van der Waals surface area contributed by atoms with Crippen molar-refractivity contribution in [3.05, 3.63) is 53.1 Å². The first-order valence-corrected chi connectivity index (χ1v) is 13.2. The zero-order chi connectivity index (χ0) is 26.5. The van der Waals surface area contributed by atoms with Gasteiger partial charge in [-0.2, -0.15) is 0 Å². The minimum atomic E-state index is -3.94. The fraction of sp³-hybridized carbons (Fsp3) is 0.417. The molecule has 0 spiro atoms. The van der Waals surface area contributed by atoms with Crippen LogP contribution in [0.3, 0.4) is 0 Å². The number of hydrogen-bond acceptors (Lipinski definition) is 6. The number of sulfonamides is 1. The van der Waals surface area contributed by atoms with Crippen molar-refractivity contribution in [3.8, 4) is 11.3 Å². The number of imidazole rings is 1. The number of rotatable bonds is 6. The Bertz CT molecular complexity index is 1490. The predicted molar refractivity (Wildman–Crippen MR) is 128 cm³/mol. The van der Waals surface area contributed by atoms with Gasteiger partial charge in [0, 0.05) is 25.2 Å². The summed E-state index contributed by atoms with van der Waals surface area (Å²) < 4.78 is 84.4. The van der Waals surface area contributed by atoms with Gasteiger partial charge in [-0.1, -0.05) is 0 Å². The number of hydrogen-bond donors (Lipinski definition) is 1. The monoisotopic (exact) mass is 538 g/mol. The maximum Gasteiger partial charge on any atom is 0.409 e. The lowest BCUT2D eigenvalue weighted by molar-refractivity contribution is -0.0241. The Morgan fingerprint density at radius 1 is 1.24 bits per heavy atom. The van der Waals surface area contributed by atoms with Crippen LogP contribution in [0, 0.1) is 24.4 Å². The van der Waals surface area contributed by atoms with Crippen LogP contribution in [-0.4, -0.2) is 67.0 Å². The van der Waals surface area contributed by atoms with Crippen LogP contribution in [0.15, 0.2) is 24.4 Å². The number of fused-ring (bicyclic) bond motifs is 1. The molecule has 2 aliphatic rings. The van der Waals surface area contributed by atoms with Gasteiger partial charge in [-0.15, -0.1) is 0 Å². The number of aromatic nitrogens is 2. The normalized spacial score (nSPS) is 18.3. The Labute approximate surface area is 211 Å². The summed E-state index contributed by atoms with van der Waals surface area (Å²) in [5, 5.41) is -0.703. The van der Waals surface area contributed by atoms with Gasteiger partial charge in [-0.05, 0) is 37.5 Å². The number of nitrogens with one attached hydrogen (secondary N) is 1. The largest absolute Gasteiger partial charge is 0.453 e. The molecule has 1 N–H and O–H groups in total. The van der Waals surface area contributed by atoms with E-state index >= 15 is 13.2 Å². The topological polar surface area (TPSA) is 102 Å². The van der Waals surface area contributed by atoms with Crippen LogP contribution < -0.4 is 4.72 Å². The van der Waals surface area contributed by atoms with E-state index in [0.29, 0.717) is 36.8 Å². The maximum absolute atomic E-state index is 15.4. The lowest BCUT2D eigenvalue weighted by atomic mass is 10.0. The zero-order valence-corrected chi connectivity index (χ0v) is 20.9. The van der Waals surface area contributed by atoms with E-state index < -0.39 is 56.2 Å². The second-order valence-corrected chi connectivity index (χ2v) is 11.2. The first-order chi connectivity index (χ1) is 17.6. The van der Waals surface area contributed by atoms with Crippen molar-refractivity contribution >= 4 is 27.5 Å². The Morgan fingerprint density at radius 3 is 2.70 bits per heavy atom. The number of nitrogens with zero attached hydrogens (tertiary/aromatic N) is 3. The lowest BCUT2D eigenvalue weighted by Crippen LogP contribution is -2.46. The number of aryl methyl sites for hydroxylation is 1. The highest BCUT2D eigenvalue weighted by atomic mass is 32.2. The van der Waals surface area contributed by atoms with Crippen LogP contribution in [0.25, 0.3) is 16.9 Å². The number of anilines is 1. The number of benzene rings is 1. The van der Waals surface area contributed by atoms with Crippen LogP contribution in [0.5, 0.6) is 0 Å². The summed E-state index contributed by atoms with van der Waals surface area (Å²) in [6, 6.07) is 4.12. The van der Waals surface area contributed by atoms with Crippen molar-refractivity contribution in [1.82, 2.24) is 14.3 Å². The van der Waals surface area contributed by atoms with Crippen molar-refractivity contribution < 1.29 is 35.9 Å². The average molecular weight is 539 g/mol. The van der Waals surface area contributed by atoms with Crippen LogP contribution in [0.2, 0.25) is 0 Å². The molecule has 9 nitrogen and oxygen atoms in total. The summed E-state index contributed by atoms with van der Waals surface area (Å²) in [6.45, 7) is 2.56. The minimum Gasteiger partial charge on any atom is -0.453 e. The summed E-state index contributed by atoms with van der Waals surface area (Å²) in [6.07, 6.45) is 1.52. The smallest absolute Gasteiger partial charge is 0.409 e. The highest BCUT2D eigenvalue weighted by Crippen LogP contribution is 2.36. The lowest BCUT2D eigenvalue weighted by Gasteiger charge is -2.32. The molecule has 0 radical (unpaired) electrons. The van der Waals surface area contributed by atoms with E-state index in [1.54, 1.807) is 22.7 Å². The molecule has 37 heavy (non-hydrogen) atoms. The zero-order valence-electron chi connectivity index (χ0n) is 20.1. The predicted octanol–water partition coefficient (Wildman–Crippen LogP) is 3.64. The summed E-state index contributed by atoms with van der Waals surface area (Å²) >= 11 is 0. The number of carbonyl (C=O) groups excluding carboxylic acids is 1. The summed E-state index contributed by atoms with van der Waals surface area (Å²) in [4.78, 5) is 17.9. The van der Waals surface area contributed by atoms with Gasteiger partial charge in [-0.3, -0.25) is 4.72 Å². The molecule has 1 aliphatic heterocycles. The molecular formula is C24H25F3N4O5S. The SMILES string of the molecule is COC(=O)N1CCO[C@@H](Cc2c(-c3c(F)cc(NS(=O)(=O)C4CC4)c(F)c3F)nc3cc(C)ccn23)C1. The molecule has 1 saturated heterocycles. The molecule has 198 valence electrons. The van der Waals surface area contributed by atoms with Gasteiger partial charge in [0.05, 0.1) is 54.3 Å². The third kappa shape index (κ3) is 4.85. The molecule has 1 aromatic carbocycles. The number of pyridine rings is 1. The molecule has 1 amide bonds. The first-order valence-electron chi connectivity index (χ1n) is 11.7. The highest BCUT2D eigenvalue weighted by Gasteiger charge is 2.37. The molecule has 2 fully saturated rings. The van der Waals surface area contributed by atoms with Gasteiger partial charge in [0.2, 0.25) is 10.0 Å². The van der Waals surface area contributed by atoms with Gasteiger partial charge in [0.25, 0.3) is 0 Å². The molecule has 1 atom stereocenters. The molecular weight excluding hydrogens is 513 g/mol. The van der Waals surface area contributed by atoms with Crippen LogP contribution in [0.4, 0.5) is 23.7 Å². The molecule has 3 aromatic rings. The average Bonchev–Trinajstić information content (AvgIpc) is 3.67. The number of amides is 1. The van der Waals surface area contributed by atoms with Crippen LogP contribution >= 0.6 is 0 Å². The number of halogens is 3. The van der Waals surface area contributed by atoms with E-state index in [9.17, 15) is 13.2 Å². The van der Waals surface area contributed by atoms with Crippen LogP contribution in [0.1, 0.15) is 24.1 Å². The second-order valence-electron chi connectivity index (χ2n) is 9.21. The van der Waals surface area contributed by atoms with Crippen molar-refractivity contribution in [2.75, 3.05) is 31.5 Å². The molecule has 0 unspecified atom stereocenters. The number of morpholine rings is 1. The van der Waals surface area contributed by atoms with E-state index in [1.165, 1.54) is 12.0 Å². The van der Waals surface area contributed by atoms with Crippen molar-refractivity contribution in [1.29, 1.82) is 0 Å². The van der Waals surface area contributed by atoms with Gasteiger partial charge in [-0.25, -0.2) is 31.4 Å². The van der Waals surface area contributed by atoms with Crippen molar-refractivity contribution in [2.45, 2.75) is 37.5 Å². The standard InChI is InChI=1S/C24H25F3N4O5S/c1-13-5-6-31-18(10-14-12-30(7-8-36-14)24(32)35-2)23(28-19(31)9-13)20-16(25)11-17(21(26)22(20)27)29-37(33,34)15-3-4-15/h5-6,9,11,14-15,29H,3-4,7-8,10,12H2,1-2H3/t14-/m0/s1. The fourth-order valence-corrected chi connectivity index (χ4v) is 5.83. The first kappa shape index (κ1) is 25.3. The minimum absolute atomic E-state index is 0.101. The maximum atomic E-state index is 15.4. The van der Waals surface area contributed by atoms with Crippen molar-refractivity contribution in [3.63, 3.8) is 0 Å². The van der Waals surface area contributed by atoms with E-state index in [0.717, 1.165) is 5.56 Å². The van der Waals surface area contributed by atoms with Gasteiger partial charge >= 0.3 is 6.09 Å². The van der Waals surface area contributed by atoms with Crippen molar-refractivity contribution in [2.24, 2.45) is 0 Å². The molecule has 2 aromatic heterocycles. The summed E-state index contributed by atoms with van der Waals surface area (Å²) in [5.74, 6) is -4.25.